The number of hydrogen-bond acceptors (Lipinski definition) is 4. The van der Waals surface area contributed by atoms with E-state index in [-0.39, 0.29) is 10.8 Å². The number of hydrogen-bond donors (Lipinski definition) is 2. The SMILES string of the molecule is CC(C)c1ccc(NS(=O)(=O)c2cc(CO)cs2)cc1. The standard InChI is InChI=1S/C14H17NO3S2/c1-10(2)12-3-5-13(6-4-12)15-20(17,18)14-7-11(8-16)9-19-14/h3-7,9-10,15-16H,8H2,1-2H3. The molecule has 20 heavy (non-hydrogen) atoms. The molecular weight excluding hydrogens is 294 g/mol. The van der Waals surface area contributed by atoms with E-state index >= 15 is 0 Å². The van der Waals surface area contributed by atoms with E-state index in [0.29, 0.717) is 17.2 Å². The zero-order chi connectivity index (χ0) is 14.8. The molecule has 0 radical (unpaired) electrons. The van der Waals surface area contributed by atoms with Crippen molar-refractivity contribution in [2.45, 2.75) is 30.6 Å². The van der Waals surface area contributed by atoms with Gasteiger partial charge in [-0.05, 0) is 40.6 Å². The monoisotopic (exact) mass is 311 g/mol. The van der Waals surface area contributed by atoms with E-state index in [9.17, 15) is 8.42 Å². The van der Waals surface area contributed by atoms with Crippen molar-refractivity contribution in [3.63, 3.8) is 0 Å². The van der Waals surface area contributed by atoms with Crippen LogP contribution in [-0.4, -0.2) is 13.5 Å². The molecule has 0 spiro atoms. The van der Waals surface area contributed by atoms with Gasteiger partial charge in [0.05, 0.1) is 6.61 Å². The normalized spacial score (nSPS) is 11.8. The van der Waals surface area contributed by atoms with E-state index in [1.165, 1.54) is 6.07 Å². The van der Waals surface area contributed by atoms with E-state index in [0.717, 1.165) is 16.9 Å². The number of sulfonamides is 1. The second kappa shape index (κ2) is 5.95. The van der Waals surface area contributed by atoms with E-state index in [1.54, 1.807) is 17.5 Å². The third-order valence-corrected chi connectivity index (χ3v) is 5.78. The van der Waals surface area contributed by atoms with Gasteiger partial charge in [0.25, 0.3) is 10.0 Å². The molecule has 6 heteroatoms. The molecule has 108 valence electrons. The van der Waals surface area contributed by atoms with Crippen LogP contribution < -0.4 is 4.72 Å². The molecule has 0 amide bonds. The van der Waals surface area contributed by atoms with Gasteiger partial charge in [0.15, 0.2) is 0 Å². The van der Waals surface area contributed by atoms with E-state index in [4.69, 9.17) is 5.11 Å². The molecule has 1 aromatic heterocycles. The van der Waals surface area contributed by atoms with Gasteiger partial charge in [-0.3, -0.25) is 4.72 Å². The Morgan fingerprint density at radius 2 is 1.90 bits per heavy atom. The highest BCUT2D eigenvalue weighted by atomic mass is 32.2. The second-order valence-corrected chi connectivity index (χ2v) is 7.63. The van der Waals surface area contributed by atoms with Gasteiger partial charge in [0.1, 0.15) is 4.21 Å². The highest BCUT2D eigenvalue weighted by Gasteiger charge is 2.16. The van der Waals surface area contributed by atoms with Crippen LogP contribution >= 0.6 is 11.3 Å². The number of benzene rings is 1. The molecule has 1 heterocycles. The van der Waals surface area contributed by atoms with E-state index in [1.807, 2.05) is 12.1 Å². The lowest BCUT2D eigenvalue weighted by atomic mass is 10.0. The zero-order valence-corrected chi connectivity index (χ0v) is 13.0. The fourth-order valence-corrected chi connectivity index (χ4v) is 3.98. The average molecular weight is 311 g/mol. The molecule has 2 N–H and O–H groups in total. The first-order chi connectivity index (χ1) is 9.42. The van der Waals surface area contributed by atoms with Crippen LogP contribution in [-0.2, 0) is 16.6 Å². The summed E-state index contributed by atoms with van der Waals surface area (Å²) in [5, 5.41) is 10.6. The Balaban J connectivity index is 2.19. The lowest BCUT2D eigenvalue weighted by Gasteiger charge is -2.09. The van der Waals surface area contributed by atoms with E-state index < -0.39 is 10.0 Å². The molecule has 4 nitrogen and oxygen atoms in total. The largest absolute Gasteiger partial charge is 0.392 e. The predicted molar refractivity (Wildman–Crippen MR) is 81.6 cm³/mol. The third kappa shape index (κ3) is 3.39. The van der Waals surface area contributed by atoms with Crippen LogP contribution in [0.25, 0.3) is 0 Å². The highest BCUT2D eigenvalue weighted by Crippen LogP contribution is 2.24. The van der Waals surface area contributed by atoms with Crippen LogP contribution in [0.1, 0.15) is 30.9 Å². The van der Waals surface area contributed by atoms with Crippen molar-refractivity contribution in [3.05, 3.63) is 46.8 Å². The summed E-state index contributed by atoms with van der Waals surface area (Å²) in [7, 11) is -3.58. The Labute approximate surface area is 123 Å². The molecule has 0 saturated carbocycles. The maximum absolute atomic E-state index is 12.2. The Morgan fingerprint density at radius 3 is 2.40 bits per heavy atom. The summed E-state index contributed by atoms with van der Waals surface area (Å²) in [5.74, 6) is 0.407. The minimum atomic E-state index is -3.58. The van der Waals surface area contributed by atoms with Gasteiger partial charge in [-0.2, -0.15) is 0 Å². The molecule has 0 aliphatic rings. The molecular formula is C14H17NO3S2. The molecule has 1 aromatic carbocycles. The molecule has 0 aliphatic carbocycles. The lowest BCUT2D eigenvalue weighted by molar-refractivity contribution is 0.282. The average Bonchev–Trinajstić information content (AvgIpc) is 2.88. The first-order valence-electron chi connectivity index (χ1n) is 6.23. The molecule has 0 bridgehead atoms. The lowest BCUT2D eigenvalue weighted by Crippen LogP contribution is -2.11. The summed E-state index contributed by atoms with van der Waals surface area (Å²) >= 11 is 1.10. The summed E-state index contributed by atoms with van der Waals surface area (Å²) in [6, 6.07) is 8.82. The fraction of sp³-hybridized carbons (Fsp3) is 0.286. The van der Waals surface area contributed by atoms with Crippen LogP contribution in [0.4, 0.5) is 5.69 Å². The smallest absolute Gasteiger partial charge is 0.271 e. The summed E-state index contributed by atoms with van der Waals surface area (Å²) in [6.07, 6.45) is 0. The molecule has 2 aromatic rings. The van der Waals surface area contributed by atoms with Crippen molar-refractivity contribution >= 4 is 27.0 Å². The topological polar surface area (TPSA) is 66.4 Å². The predicted octanol–water partition coefficient (Wildman–Crippen LogP) is 3.16. The quantitative estimate of drug-likeness (QED) is 0.891. The number of anilines is 1. The summed E-state index contributed by atoms with van der Waals surface area (Å²) in [4.78, 5) is 0. The summed E-state index contributed by atoms with van der Waals surface area (Å²) in [6.45, 7) is 4.01. The minimum Gasteiger partial charge on any atom is -0.392 e. The zero-order valence-electron chi connectivity index (χ0n) is 11.3. The van der Waals surface area contributed by atoms with Crippen LogP contribution in [0, 0.1) is 0 Å². The number of aliphatic hydroxyl groups excluding tert-OH is 1. The van der Waals surface area contributed by atoms with Crippen molar-refractivity contribution in [2.24, 2.45) is 0 Å². The van der Waals surface area contributed by atoms with Crippen LogP contribution in [0.5, 0.6) is 0 Å². The van der Waals surface area contributed by atoms with Crippen LogP contribution in [0.3, 0.4) is 0 Å². The molecule has 0 saturated heterocycles. The second-order valence-electron chi connectivity index (χ2n) is 4.81. The van der Waals surface area contributed by atoms with Crippen LogP contribution in [0.2, 0.25) is 0 Å². The van der Waals surface area contributed by atoms with Gasteiger partial charge < -0.3 is 5.11 Å². The van der Waals surface area contributed by atoms with Crippen molar-refractivity contribution in [1.82, 2.24) is 0 Å². The Hall–Kier alpha value is -1.37. The van der Waals surface area contributed by atoms with Crippen molar-refractivity contribution in [3.8, 4) is 0 Å². The Bertz CT molecular complexity index is 673. The van der Waals surface area contributed by atoms with Gasteiger partial charge >= 0.3 is 0 Å². The van der Waals surface area contributed by atoms with Crippen molar-refractivity contribution in [2.75, 3.05) is 4.72 Å². The third-order valence-electron chi connectivity index (χ3n) is 2.91. The van der Waals surface area contributed by atoms with Gasteiger partial charge in [0, 0.05) is 5.69 Å². The maximum atomic E-state index is 12.2. The Kier molecular flexibility index (Phi) is 4.47. The number of thiophene rings is 1. The van der Waals surface area contributed by atoms with Crippen LogP contribution in [0.15, 0.2) is 39.9 Å². The first kappa shape index (κ1) is 15.0. The van der Waals surface area contributed by atoms with E-state index in [2.05, 4.69) is 18.6 Å². The first-order valence-corrected chi connectivity index (χ1v) is 8.59. The Morgan fingerprint density at radius 1 is 1.25 bits per heavy atom. The van der Waals surface area contributed by atoms with Gasteiger partial charge in [-0.1, -0.05) is 26.0 Å². The number of aliphatic hydroxyl groups is 1. The van der Waals surface area contributed by atoms with Crippen molar-refractivity contribution < 1.29 is 13.5 Å². The molecule has 0 unspecified atom stereocenters. The molecule has 2 rings (SSSR count). The summed E-state index contributed by atoms with van der Waals surface area (Å²) in [5.41, 5.74) is 2.30. The minimum absolute atomic E-state index is 0.158. The molecule has 0 aliphatic heterocycles. The molecule has 0 atom stereocenters. The van der Waals surface area contributed by atoms with Gasteiger partial charge in [-0.25, -0.2) is 8.42 Å². The highest BCUT2D eigenvalue weighted by molar-refractivity contribution is 7.94. The fourth-order valence-electron chi connectivity index (χ4n) is 1.72. The molecule has 0 fully saturated rings. The maximum Gasteiger partial charge on any atom is 0.271 e. The van der Waals surface area contributed by atoms with Gasteiger partial charge in [-0.15, -0.1) is 11.3 Å². The number of nitrogens with one attached hydrogen (secondary N) is 1. The number of rotatable bonds is 5. The summed E-state index contributed by atoms with van der Waals surface area (Å²) < 4.78 is 27.1. The van der Waals surface area contributed by atoms with Crippen molar-refractivity contribution in [1.29, 1.82) is 0 Å². The van der Waals surface area contributed by atoms with Gasteiger partial charge in [0.2, 0.25) is 0 Å².